The molecule has 3 rings (SSSR count). The normalized spacial score (nSPS) is 23.2. The molecule has 1 saturated carbocycles. The summed E-state index contributed by atoms with van der Waals surface area (Å²) in [5.74, 6) is -4.11. The first-order chi connectivity index (χ1) is 11.8. The number of aliphatic hydroxyl groups excluding tert-OH is 1. The van der Waals surface area contributed by atoms with Crippen molar-refractivity contribution in [2.45, 2.75) is 41.7 Å². The Morgan fingerprint density at radius 2 is 1.92 bits per heavy atom. The molecule has 0 heterocycles. The lowest BCUT2D eigenvalue weighted by Crippen LogP contribution is -2.26. The number of hydrogen-bond donors (Lipinski definition) is 1. The first kappa shape index (κ1) is 18.8. The van der Waals surface area contributed by atoms with Crippen molar-refractivity contribution in [1.29, 1.82) is 5.26 Å². The van der Waals surface area contributed by atoms with Crippen molar-refractivity contribution in [3.63, 3.8) is 0 Å². The monoisotopic (exact) mass is 397 g/mol. The van der Waals surface area contributed by atoms with Gasteiger partial charge < -0.3 is 9.84 Å². The van der Waals surface area contributed by atoms with Crippen LogP contribution in [0.5, 0.6) is 5.75 Å². The second-order valence-electron chi connectivity index (χ2n) is 6.42. The maximum atomic E-state index is 13.9. The zero-order valence-electron chi connectivity index (χ0n) is 13.0. The van der Waals surface area contributed by atoms with E-state index in [1.165, 1.54) is 0 Å². The van der Waals surface area contributed by atoms with Gasteiger partial charge in [0.2, 0.25) is 0 Å². The molecule has 1 aromatic carbocycles. The van der Waals surface area contributed by atoms with Crippen LogP contribution in [0.4, 0.5) is 22.0 Å². The molecule has 0 unspecified atom stereocenters. The highest BCUT2D eigenvalue weighted by Gasteiger charge is 2.55. The summed E-state index contributed by atoms with van der Waals surface area (Å²) in [4.78, 5) is -1.42. The van der Waals surface area contributed by atoms with Crippen molar-refractivity contribution in [2.75, 3.05) is 6.61 Å². The number of nitriles is 1. The molecular weight excluding hydrogens is 385 g/mol. The minimum Gasteiger partial charge on any atom is -0.492 e. The Morgan fingerprint density at radius 3 is 2.42 bits per heavy atom. The second kappa shape index (κ2) is 5.53. The van der Waals surface area contributed by atoms with E-state index in [0.717, 1.165) is 6.07 Å². The third kappa shape index (κ3) is 2.81. The third-order valence-electron chi connectivity index (χ3n) is 4.55. The SMILES string of the molecule is N#CC1(COc2ccc(S(=O)(=O)C(F)(F)F)c3c2CC(F)(F)[C@H]3O)CC1. The molecule has 1 aromatic rings. The van der Waals surface area contributed by atoms with Crippen LogP contribution < -0.4 is 4.74 Å². The molecule has 11 heteroatoms. The lowest BCUT2D eigenvalue weighted by Gasteiger charge is -2.18. The van der Waals surface area contributed by atoms with Gasteiger partial charge >= 0.3 is 5.51 Å². The molecule has 1 atom stereocenters. The summed E-state index contributed by atoms with van der Waals surface area (Å²) in [6.07, 6.45) is -2.81. The molecule has 142 valence electrons. The van der Waals surface area contributed by atoms with E-state index in [4.69, 9.17) is 10.00 Å². The molecule has 0 amide bonds. The lowest BCUT2D eigenvalue weighted by molar-refractivity contribution is -0.0978. The number of fused-ring (bicyclic) bond motifs is 1. The van der Waals surface area contributed by atoms with Crippen molar-refractivity contribution in [3.8, 4) is 11.8 Å². The summed E-state index contributed by atoms with van der Waals surface area (Å²) in [7, 11) is -5.94. The predicted molar refractivity (Wildman–Crippen MR) is 76.1 cm³/mol. The molecule has 0 aliphatic heterocycles. The standard InChI is InChI=1S/C15H12F5NO4S/c16-14(17)5-8-9(25-7-13(6-21)3-4-13)1-2-10(11(8)12(14)22)26(23,24)15(18,19)20/h1-2,12,22H,3-5,7H2/t12-/m0/s1. The highest BCUT2D eigenvalue weighted by atomic mass is 32.2. The molecule has 2 aliphatic rings. The molecule has 1 fully saturated rings. The summed E-state index contributed by atoms with van der Waals surface area (Å²) in [5, 5.41) is 18.7. The fraction of sp³-hybridized carbons (Fsp3) is 0.533. The minimum atomic E-state index is -5.94. The molecule has 2 aliphatic carbocycles. The van der Waals surface area contributed by atoms with Gasteiger partial charge in [0.1, 0.15) is 18.5 Å². The van der Waals surface area contributed by atoms with Gasteiger partial charge in [-0.2, -0.15) is 18.4 Å². The van der Waals surface area contributed by atoms with Crippen LogP contribution in [0.2, 0.25) is 0 Å². The number of aliphatic hydroxyl groups is 1. The van der Waals surface area contributed by atoms with Crippen LogP contribution in [-0.2, 0) is 16.3 Å². The Kier molecular flexibility index (Phi) is 4.01. The molecule has 26 heavy (non-hydrogen) atoms. The number of benzene rings is 1. The van der Waals surface area contributed by atoms with Gasteiger partial charge in [0.25, 0.3) is 15.8 Å². The van der Waals surface area contributed by atoms with Gasteiger partial charge in [0.05, 0.1) is 16.4 Å². The van der Waals surface area contributed by atoms with Crippen LogP contribution in [0.1, 0.15) is 30.1 Å². The molecule has 1 N–H and O–H groups in total. The average Bonchev–Trinajstić information content (AvgIpc) is 3.27. The van der Waals surface area contributed by atoms with E-state index in [9.17, 15) is 35.5 Å². The van der Waals surface area contributed by atoms with E-state index in [1.807, 2.05) is 6.07 Å². The predicted octanol–water partition coefficient (Wildman–Crippen LogP) is 2.89. The van der Waals surface area contributed by atoms with E-state index in [-0.39, 0.29) is 12.4 Å². The van der Waals surface area contributed by atoms with E-state index >= 15 is 0 Å². The Hall–Kier alpha value is -1.93. The summed E-state index contributed by atoms with van der Waals surface area (Å²) in [6.45, 7) is -0.164. The zero-order chi connectivity index (χ0) is 19.5. The summed E-state index contributed by atoms with van der Waals surface area (Å²) < 4.78 is 95.0. The molecular formula is C15H12F5NO4S. The van der Waals surface area contributed by atoms with Crippen molar-refractivity contribution in [3.05, 3.63) is 23.3 Å². The second-order valence-corrected chi connectivity index (χ2v) is 8.33. The summed E-state index contributed by atoms with van der Waals surface area (Å²) >= 11 is 0. The van der Waals surface area contributed by atoms with E-state index in [2.05, 4.69) is 0 Å². The van der Waals surface area contributed by atoms with Crippen LogP contribution in [0.25, 0.3) is 0 Å². The Morgan fingerprint density at radius 1 is 1.31 bits per heavy atom. The van der Waals surface area contributed by atoms with E-state index < -0.39 is 55.2 Å². The highest BCUT2D eigenvalue weighted by Crippen LogP contribution is 2.51. The number of hydrogen-bond acceptors (Lipinski definition) is 5. The van der Waals surface area contributed by atoms with Crippen LogP contribution >= 0.6 is 0 Å². The molecule has 0 radical (unpaired) electrons. The van der Waals surface area contributed by atoms with Crippen molar-refractivity contribution in [1.82, 2.24) is 0 Å². The smallest absolute Gasteiger partial charge is 0.492 e. The quantitative estimate of drug-likeness (QED) is 0.790. The largest absolute Gasteiger partial charge is 0.501 e. The lowest BCUT2D eigenvalue weighted by atomic mass is 10.1. The van der Waals surface area contributed by atoms with E-state index in [0.29, 0.717) is 18.9 Å². The first-order valence-electron chi connectivity index (χ1n) is 7.42. The molecule has 5 nitrogen and oxygen atoms in total. The van der Waals surface area contributed by atoms with Gasteiger partial charge in [0.15, 0.2) is 0 Å². The number of halogens is 5. The third-order valence-corrected chi connectivity index (χ3v) is 6.09. The number of rotatable bonds is 4. The summed E-state index contributed by atoms with van der Waals surface area (Å²) in [6, 6.07) is 3.34. The number of nitrogens with zero attached hydrogens (tertiary/aromatic N) is 1. The minimum absolute atomic E-state index is 0.164. The van der Waals surface area contributed by atoms with Crippen molar-refractivity contribution < 1.29 is 40.2 Å². The van der Waals surface area contributed by atoms with Crippen LogP contribution in [0, 0.1) is 16.7 Å². The van der Waals surface area contributed by atoms with Gasteiger partial charge in [-0.25, -0.2) is 17.2 Å². The Labute approximate surface area is 144 Å². The molecule has 0 saturated heterocycles. The fourth-order valence-electron chi connectivity index (χ4n) is 2.80. The van der Waals surface area contributed by atoms with Crippen molar-refractivity contribution in [2.24, 2.45) is 5.41 Å². The number of alkyl halides is 5. The maximum absolute atomic E-state index is 13.9. The van der Waals surface area contributed by atoms with Gasteiger partial charge in [-0.3, -0.25) is 0 Å². The van der Waals surface area contributed by atoms with Crippen LogP contribution in [-0.4, -0.2) is 31.6 Å². The van der Waals surface area contributed by atoms with E-state index in [1.54, 1.807) is 0 Å². The molecule has 0 spiro atoms. The average molecular weight is 397 g/mol. The van der Waals surface area contributed by atoms with Gasteiger partial charge in [-0.15, -0.1) is 0 Å². The summed E-state index contributed by atoms with van der Waals surface area (Å²) in [5.41, 5.74) is -7.99. The Balaban J connectivity index is 2.09. The molecule has 0 aromatic heterocycles. The molecule has 0 bridgehead atoms. The zero-order valence-corrected chi connectivity index (χ0v) is 13.8. The van der Waals surface area contributed by atoms with Gasteiger partial charge in [-0.1, -0.05) is 0 Å². The van der Waals surface area contributed by atoms with Crippen molar-refractivity contribution >= 4 is 9.84 Å². The topological polar surface area (TPSA) is 87.4 Å². The number of sulfone groups is 1. The van der Waals surface area contributed by atoms with Crippen LogP contribution in [0.3, 0.4) is 0 Å². The Bertz CT molecular complexity index is 900. The first-order valence-corrected chi connectivity index (χ1v) is 8.90. The fourth-order valence-corrected chi connectivity index (χ4v) is 3.82. The van der Waals surface area contributed by atoms with Gasteiger partial charge in [0, 0.05) is 17.5 Å². The highest BCUT2D eigenvalue weighted by molar-refractivity contribution is 7.92. The van der Waals surface area contributed by atoms with Crippen LogP contribution in [0.15, 0.2) is 17.0 Å². The van der Waals surface area contributed by atoms with Gasteiger partial charge in [-0.05, 0) is 25.0 Å². The maximum Gasteiger partial charge on any atom is 0.501 e. The number of ether oxygens (including phenoxy) is 1.